The average molecular weight is 250 g/mol. The van der Waals surface area contributed by atoms with E-state index in [-0.39, 0.29) is 6.04 Å². The highest BCUT2D eigenvalue weighted by Gasteiger charge is 2.06. The molecule has 90 valence electrons. The van der Waals surface area contributed by atoms with Gasteiger partial charge in [0.25, 0.3) is 0 Å². The van der Waals surface area contributed by atoms with Crippen LogP contribution in [-0.4, -0.2) is 15.6 Å². The molecule has 0 radical (unpaired) electrons. The fourth-order valence-corrected chi connectivity index (χ4v) is 2.10. The molecule has 0 saturated carbocycles. The van der Waals surface area contributed by atoms with Crippen LogP contribution in [0.2, 0.25) is 5.02 Å². The van der Waals surface area contributed by atoms with Crippen LogP contribution in [0, 0.1) is 6.92 Å². The smallest absolute Gasteiger partial charge is 0.110 e. The van der Waals surface area contributed by atoms with Gasteiger partial charge >= 0.3 is 0 Å². The molecule has 1 aromatic heterocycles. The van der Waals surface area contributed by atoms with E-state index in [1.165, 1.54) is 0 Å². The van der Waals surface area contributed by atoms with E-state index in [2.05, 4.69) is 4.98 Å². The van der Waals surface area contributed by atoms with Gasteiger partial charge in [0.1, 0.15) is 5.82 Å². The normalized spacial score (nSPS) is 12.7. The van der Waals surface area contributed by atoms with E-state index in [1.54, 1.807) is 6.20 Å². The quantitative estimate of drug-likeness (QED) is 0.909. The number of nitrogens with zero attached hydrogens (tertiary/aromatic N) is 2. The summed E-state index contributed by atoms with van der Waals surface area (Å²) < 4.78 is 2.00. The van der Waals surface area contributed by atoms with Gasteiger partial charge in [-0.15, -0.1) is 0 Å². The molecular formula is C13H16ClN3. The summed E-state index contributed by atoms with van der Waals surface area (Å²) >= 11 is 6.25. The Kier molecular flexibility index (Phi) is 3.50. The minimum absolute atomic E-state index is 0.119. The van der Waals surface area contributed by atoms with Gasteiger partial charge in [0.15, 0.2) is 0 Å². The van der Waals surface area contributed by atoms with E-state index in [4.69, 9.17) is 17.3 Å². The number of rotatable bonds is 3. The second-order valence-corrected chi connectivity index (χ2v) is 4.71. The van der Waals surface area contributed by atoms with Gasteiger partial charge in [0.2, 0.25) is 0 Å². The Hall–Kier alpha value is -1.32. The highest BCUT2D eigenvalue weighted by Crippen LogP contribution is 2.22. The third-order valence-corrected chi connectivity index (χ3v) is 3.03. The van der Waals surface area contributed by atoms with Gasteiger partial charge in [-0.05, 0) is 38.0 Å². The fourth-order valence-electron chi connectivity index (χ4n) is 1.85. The lowest BCUT2D eigenvalue weighted by Crippen LogP contribution is -2.18. The molecule has 0 saturated heterocycles. The maximum atomic E-state index is 6.25. The Balaban J connectivity index is 2.34. The predicted octanol–water partition coefficient (Wildman–Crippen LogP) is 2.72. The molecule has 2 aromatic rings. The van der Waals surface area contributed by atoms with Crippen molar-refractivity contribution >= 4 is 11.6 Å². The van der Waals surface area contributed by atoms with Crippen LogP contribution in [-0.2, 0) is 6.42 Å². The average Bonchev–Trinajstić information content (AvgIpc) is 2.67. The van der Waals surface area contributed by atoms with Crippen molar-refractivity contribution in [2.24, 2.45) is 5.73 Å². The second-order valence-electron chi connectivity index (χ2n) is 4.30. The molecule has 1 atom stereocenters. The molecule has 0 aliphatic carbocycles. The number of hydrogen-bond donors (Lipinski definition) is 1. The van der Waals surface area contributed by atoms with E-state index in [9.17, 15) is 0 Å². The molecule has 0 aliphatic heterocycles. The zero-order valence-electron chi connectivity index (χ0n) is 10.0. The first kappa shape index (κ1) is 12.1. The SMILES string of the molecule is Cc1nccn1-c1ccc(CC(C)N)c(Cl)c1. The number of benzene rings is 1. The number of aromatic nitrogens is 2. The number of halogens is 1. The summed E-state index contributed by atoms with van der Waals surface area (Å²) in [5.74, 6) is 0.945. The highest BCUT2D eigenvalue weighted by atomic mass is 35.5. The Morgan fingerprint density at radius 1 is 1.47 bits per heavy atom. The first-order valence-corrected chi connectivity index (χ1v) is 6.00. The lowest BCUT2D eigenvalue weighted by atomic mass is 10.1. The van der Waals surface area contributed by atoms with Crippen LogP contribution >= 0.6 is 11.6 Å². The van der Waals surface area contributed by atoms with Crippen LogP contribution in [0.3, 0.4) is 0 Å². The lowest BCUT2D eigenvalue weighted by molar-refractivity contribution is 0.738. The van der Waals surface area contributed by atoms with Crippen LogP contribution in [0.5, 0.6) is 0 Å². The molecule has 0 fully saturated rings. The van der Waals surface area contributed by atoms with Gasteiger partial charge in [0, 0.05) is 29.1 Å². The molecule has 1 unspecified atom stereocenters. The first-order chi connectivity index (χ1) is 8.08. The van der Waals surface area contributed by atoms with Crippen LogP contribution in [0.15, 0.2) is 30.6 Å². The van der Waals surface area contributed by atoms with E-state index < -0.39 is 0 Å². The van der Waals surface area contributed by atoms with Crippen molar-refractivity contribution in [1.82, 2.24) is 9.55 Å². The van der Waals surface area contributed by atoms with Crippen LogP contribution in [0.25, 0.3) is 5.69 Å². The molecule has 2 N–H and O–H groups in total. The van der Waals surface area contributed by atoms with Crippen LogP contribution in [0.4, 0.5) is 0 Å². The van der Waals surface area contributed by atoms with E-state index in [0.717, 1.165) is 28.5 Å². The molecule has 3 nitrogen and oxygen atoms in total. The molecule has 2 rings (SSSR count). The molecule has 1 heterocycles. The highest BCUT2D eigenvalue weighted by molar-refractivity contribution is 6.31. The van der Waals surface area contributed by atoms with Gasteiger partial charge in [-0.1, -0.05) is 17.7 Å². The second kappa shape index (κ2) is 4.90. The summed E-state index contributed by atoms with van der Waals surface area (Å²) in [5, 5.41) is 0.757. The summed E-state index contributed by atoms with van der Waals surface area (Å²) in [4.78, 5) is 4.19. The number of aryl methyl sites for hydroxylation is 1. The fraction of sp³-hybridized carbons (Fsp3) is 0.308. The van der Waals surface area contributed by atoms with E-state index in [0.29, 0.717) is 0 Å². The van der Waals surface area contributed by atoms with Gasteiger partial charge < -0.3 is 10.3 Å². The molecule has 0 aliphatic rings. The summed E-state index contributed by atoms with van der Waals surface area (Å²) in [6, 6.07) is 6.14. The Labute approximate surface area is 106 Å². The van der Waals surface area contributed by atoms with Crippen molar-refractivity contribution < 1.29 is 0 Å². The lowest BCUT2D eigenvalue weighted by Gasteiger charge is -2.10. The number of nitrogens with two attached hydrogens (primary N) is 1. The van der Waals surface area contributed by atoms with Crippen molar-refractivity contribution in [1.29, 1.82) is 0 Å². The summed E-state index contributed by atoms with van der Waals surface area (Å²) in [7, 11) is 0. The maximum absolute atomic E-state index is 6.25. The molecule has 17 heavy (non-hydrogen) atoms. The van der Waals surface area contributed by atoms with Crippen molar-refractivity contribution in [3.8, 4) is 5.69 Å². The summed E-state index contributed by atoms with van der Waals surface area (Å²) in [6.45, 7) is 3.94. The Morgan fingerprint density at radius 3 is 2.76 bits per heavy atom. The Bertz CT molecular complexity index is 517. The van der Waals surface area contributed by atoms with Gasteiger partial charge in [-0.25, -0.2) is 4.98 Å². The largest absolute Gasteiger partial charge is 0.328 e. The zero-order chi connectivity index (χ0) is 12.4. The minimum Gasteiger partial charge on any atom is -0.328 e. The van der Waals surface area contributed by atoms with Gasteiger partial charge in [-0.3, -0.25) is 0 Å². The van der Waals surface area contributed by atoms with Crippen LogP contribution in [0.1, 0.15) is 18.3 Å². The third kappa shape index (κ3) is 2.68. The zero-order valence-corrected chi connectivity index (χ0v) is 10.8. The van der Waals surface area contributed by atoms with Gasteiger partial charge in [0.05, 0.1) is 0 Å². The van der Waals surface area contributed by atoms with Crippen molar-refractivity contribution in [3.05, 3.63) is 47.0 Å². The van der Waals surface area contributed by atoms with Crippen molar-refractivity contribution in [2.45, 2.75) is 26.3 Å². The van der Waals surface area contributed by atoms with Gasteiger partial charge in [-0.2, -0.15) is 0 Å². The molecular weight excluding hydrogens is 234 g/mol. The maximum Gasteiger partial charge on any atom is 0.110 e. The molecule has 1 aromatic carbocycles. The molecule has 0 bridgehead atoms. The Morgan fingerprint density at radius 2 is 2.24 bits per heavy atom. The molecule has 0 spiro atoms. The first-order valence-electron chi connectivity index (χ1n) is 5.62. The number of hydrogen-bond acceptors (Lipinski definition) is 2. The van der Waals surface area contributed by atoms with Crippen LogP contribution < -0.4 is 5.73 Å². The van der Waals surface area contributed by atoms with Crippen molar-refractivity contribution in [2.75, 3.05) is 0 Å². The molecule has 0 amide bonds. The summed E-state index contributed by atoms with van der Waals surface area (Å²) in [6.07, 6.45) is 4.49. The van der Waals surface area contributed by atoms with E-state index in [1.807, 2.05) is 42.8 Å². The predicted molar refractivity (Wildman–Crippen MR) is 70.7 cm³/mol. The molecule has 4 heteroatoms. The topological polar surface area (TPSA) is 43.8 Å². The third-order valence-electron chi connectivity index (χ3n) is 2.68. The minimum atomic E-state index is 0.119. The van der Waals surface area contributed by atoms with Crippen molar-refractivity contribution in [3.63, 3.8) is 0 Å². The monoisotopic (exact) mass is 249 g/mol. The number of imidazole rings is 1. The van der Waals surface area contributed by atoms with E-state index >= 15 is 0 Å². The summed E-state index contributed by atoms with van der Waals surface area (Å²) in [5.41, 5.74) is 7.89. The standard InChI is InChI=1S/C13H16ClN3/c1-9(15)7-11-3-4-12(8-13(11)14)17-6-5-16-10(17)2/h3-6,8-9H,7,15H2,1-2H3.